The molecular formula is C12H10BrN5. The van der Waals surface area contributed by atoms with Gasteiger partial charge in [0.2, 0.25) is 0 Å². The number of nitriles is 1. The van der Waals surface area contributed by atoms with E-state index in [4.69, 9.17) is 11.1 Å². The van der Waals surface area contributed by atoms with E-state index in [0.29, 0.717) is 22.9 Å². The van der Waals surface area contributed by atoms with Gasteiger partial charge in [-0.2, -0.15) is 5.26 Å². The van der Waals surface area contributed by atoms with Gasteiger partial charge in [0.05, 0.1) is 11.3 Å². The maximum absolute atomic E-state index is 9.03. The molecule has 0 saturated carbocycles. The summed E-state index contributed by atoms with van der Waals surface area (Å²) in [5, 5.41) is 12.1. The molecule has 0 bridgehead atoms. The second kappa shape index (κ2) is 5.49. The van der Waals surface area contributed by atoms with Crippen LogP contribution in [-0.2, 0) is 0 Å². The smallest absolute Gasteiger partial charge is 0.142 e. The highest BCUT2D eigenvalue weighted by molar-refractivity contribution is 9.10. The molecule has 18 heavy (non-hydrogen) atoms. The summed E-state index contributed by atoms with van der Waals surface area (Å²) >= 11 is 3.36. The molecule has 1 heterocycles. The molecule has 6 heteroatoms. The molecule has 0 aliphatic heterocycles. The third-order valence-electron chi connectivity index (χ3n) is 2.26. The highest BCUT2D eigenvalue weighted by atomic mass is 79.9. The zero-order chi connectivity index (χ0) is 13.0. The van der Waals surface area contributed by atoms with Gasteiger partial charge in [-0.1, -0.05) is 22.0 Å². The molecule has 2 rings (SSSR count). The van der Waals surface area contributed by atoms with Crippen LogP contribution in [0, 0.1) is 11.3 Å². The van der Waals surface area contributed by atoms with Crippen LogP contribution < -0.4 is 16.6 Å². The number of halogens is 1. The number of hydrogen-bond donors (Lipinski definition) is 3. The maximum Gasteiger partial charge on any atom is 0.142 e. The number of aromatic nitrogens is 1. The molecule has 5 nitrogen and oxygen atoms in total. The summed E-state index contributed by atoms with van der Waals surface area (Å²) < 4.78 is 0.886. The van der Waals surface area contributed by atoms with E-state index in [2.05, 4.69) is 37.7 Å². The molecule has 0 spiro atoms. The van der Waals surface area contributed by atoms with Gasteiger partial charge in [-0.05, 0) is 30.3 Å². The SMILES string of the molecule is N#Cc1ccc(Br)cc1Nc1cccc(NN)n1. The highest BCUT2D eigenvalue weighted by Crippen LogP contribution is 2.24. The molecule has 2 aromatic rings. The number of nitrogens with zero attached hydrogens (tertiary/aromatic N) is 2. The number of benzene rings is 1. The Morgan fingerprint density at radius 3 is 2.72 bits per heavy atom. The van der Waals surface area contributed by atoms with Crippen LogP contribution in [0.3, 0.4) is 0 Å². The molecule has 1 aromatic heterocycles. The topological polar surface area (TPSA) is 86.8 Å². The van der Waals surface area contributed by atoms with E-state index in [9.17, 15) is 0 Å². The van der Waals surface area contributed by atoms with Crippen molar-refractivity contribution >= 4 is 33.3 Å². The Kier molecular flexibility index (Phi) is 3.77. The lowest BCUT2D eigenvalue weighted by molar-refractivity contribution is 1.22. The fourth-order valence-electron chi connectivity index (χ4n) is 1.44. The van der Waals surface area contributed by atoms with Crippen molar-refractivity contribution in [3.8, 4) is 6.07 Å². The summed E-state index contributed by atoms with van der Waals surface area (Å²) in [5.74, 6) is 6.45. The predicted octanol–water partition coefficient (Wildman–Crippen LogP) is 2.74. The standard InChI is InChI=1S/C12H10BrN5/c13-9-5-4-8(7-14)10(6-9)16-11-2-1-3-12(17-11)18-15/h1-6H,15H2,(H2,16,17,18). The van der Waals surface area contributed by atoms with Crippen LogP contribution in [0.4, 0.5) is 17.3 Å². The van der Waals surface area contributed by atoms with Crippen molar-refractivity contribution in [3.63, 3.8) is 0 Å². The molecule has 0 aliphatic carbocycles. The number of pyridine rings is 1. The van der Waals surface area contributed by atoms with Crippen LogP contribution in [0.1, 0.15) is 5.56 Å². The fraction of sp³-hybridized carbons (Fsp3) is 0. The monoisotopic (exact) mass is 303 g/mol. The first-order valence-electron chi connectivity index (χ1n) is 5.13. The van der Waals surface area contributed by atoms with E-state index in [1.54, 1.807) is 18.2 Å². The minimum atomic E-state index is 0.547. The molecule has 4 N–H and O–H groups in total. The van der Waals surface area contributed by atoms with Crippen molar-refractivity contribution < 1.29 is 0 Å². The van der Waals surface area contributed by atoms with Gasteiger partial charge in [-0.15, -0.1) is 0 Å². The van der Waals surface area contributed by atoms with Crippen molar-refractivity contribution in [1.29, 1.82) is 5.26 Å². The summed E-state index contributed by atoms with van der Waals surface area (Å²) in [6.45, 7) is 0. The van der Waals surface area contributed by atoms with Crippen LogP contribution in [0.2, 0.25) is 0 Å². The normalized spacial score (nSPS) is 9.61. The van der Waals surface area contributed by atoms with E-state index in [-0.39, 0.29) is 0 Å². The molecule has 0 radical (unpaired) electrons. The predicted molar refractivity (Wildman–Crippen MR) is 74.2 cm³/mol. The summed E-state index contributed by atoms with van der Waals surface area (Å²) in [4.78, 5) is 4.22. The van der Waals surface area contributed by atoms with Crippen molar-refractivity contribution in [3.05, 3.63) is 46.4 Å². The molecule has 0 saturated heterocycles. The summed E-state index contributed by atoms with van der Waals surface area (Å²) in [5.41, 5.74) is 3.70. The number of nitrogens with one attached hydrogen (secondary N) is 2. The quantitative estimate of drug-likeness (QED) is 0.599. The Balaban J connectivity index is 2.33. The lowest BCUT2D eigenvalue weighted by Crippen LogP contribution is -2.09. The second-order valence-corrected chi connectivity index (χ2v) is 4.39. The maximum atomic E-state index is 9.03. The number of hydrogen-bond acceptors (Lipinski definition) is 5. The average Bonchev–Trinajstić information content (AvgIpc) is 2.39. The molecule has 0 aliphatic rings. The molecule has 0 unspecified atom stereocenters. The van der Waals surface area contributed by atoms with Crippen LogP contribution in [0.5, 0.6) is 0 Å². The van der Waals surface area contributed by atoms with Crippen molar-refractivity contribution in [2.24, 2.45) is 5.84 Å². The fourth-order valence-corrected chi connectivity index (χ4v) is 1.80. The highest BCUT2D eigenvalue weighted by Gasteiger charge is 2.04. The first-order chi connectivity index (χ1) is 8.72. The third-order valence-corrected chi connectivity index (χ3v) is 2.76. The van der Waals surface area contributed by atoms with Gasteiger partial charge >= 0.3 is 0 Å². The molecular weight excluding hydrogens is 294 g/mol. The van der Waals surface area contributed by atoms with E-state index >= 15 is 0 Å². The number of anilines is 3. The van der Waals surface area contributed by atoms with E-state index in [1.165, 1.54) is 0 Å². The van der Waals surface area contributed by atoms with Crippen molar-refractivity contribution in [2.45, 2.75) is 0 Å². The Hall–Kier alpha value is -2.10. The third kappa shape index (κ3) is 2.77. The van der Waals surface area contributed by atoms with Crippen LogP contribution >= 0.6 is 15.9 Å². The van der Waals surface area contributed by atoms with Gasteiger partial charge in [0.15, 0.2) is 0 Å². The first-order valence-corrected chi connectivity index (χ1v) is 5.92. The largest absolute Gasteiger partial charge is 0.339 e. The Morgan fingerprint density at radius 1 is 1.22 bits per heavy atom. The number of rotatable bonds is 3. The molecule has 1 aromatic carbocycles. The zero-order valence-corrected chi connectivity index (χ0v) is 10.9. The minimum absolute atomic E-state index is 0.547. The molecule has 90 valence electrons. The van der Waals surface area contributed by atoms with Crippen LogP contribution in [-0.4, -0.2) is 4.98 Å². The Bertz CT molecular complexity index is 606. The average molecular weight is 304 g/mol. The molecule has 0 amide bonds. The Labute approximate surface area is 113 Å². The van der Waals surface area contributed by atoms with E-state index in [1.807, 2.05) is 18.2 Å². The van der Waals surface area contributed by atoms with E-state index < -0.39 is 0 Å². The molecule has 0 atom stereocenters. The summed E-state index contributed by atoms with van der Waals surface area (Å²) in [6.07, 6.45) is 0. The van der Waals surface area contributed by atoms with Crippen molar-refractivity contribution in [1.82, 2.24) is 4.98 Å². The van der Waals surface area contributed by atoms with Crippen LogP contribution in [0.25, 0.3) is 0 Å². The van der Waals surface area contributed by atoms with E-state index in [0.717, 1.165) is 4.47 Å². The van der Waals surface area contributed by atoms with Gasteiger partial charge in [0.25, 0.3) is 0 Å². The zero-order valence-electron chi connectivity index (χ0n) is 9.31. The van der Waals surface area contributed by atoms with Gasteiger partial charge < -0.3 is 10.7 Å². The second-order valence-electron chi connectivity index (χ2n) is 3.48. The minimum Gasteiger partial charge on any atom is -0.339 e. The lowest BCUT2D eigenvalue weighted by atomic mass is 10.2. The number of nitrogens with two attached hydrogens (primary N) is 1. The van der Waals surface area contributed by atoms with Gasteiger partial charge in [-0.3, -0.25) is 0 Å². The number of nitrogen functional groups attached to an aromatic ring is 1. The van der Waals surface area contributed by atoms with Gasteiger partial charge in [0.1, 0.15) is 17.7 Å². The summed E-state index contributed by atoms with van der Waals surface area (Å²) in [7, 11) is 0. The first kappa shape index (κ1) is 12.4. The van der Waals surface area contributed by atoms with Gasteiger partial charge in [-0.25, -0.2) is 10.8 Å². The number of hydrazine groups is 1. The molecule has 0 fully saturated rings. The Morgan fingerprint density at radius 2 is 2.00 bits per heavy atom. The van der Waals surface area contributed by atoms with Gasteiger partial charge in [0, 0.05) is 4.47 Å². The summed E-state index contributed by atoms with van der Waals surface area (Å²) in [6, 6.07) is 12.8. The lowest BCUT2D eigenvalue weighted by Gasteiger charge is -2.09. The van der Waals surface area contributed by atoms with Crippen molar-refractivity contribution in [2.75, 3.05) is 10.7 Å². The van der Waals surface area contributed by atoms with Crippen LogP contribution in [0.15, 0.2) is 40.9 Å².